The van der Waals surface area contributed by atoms with E-state index in [4.69, 9.17) is 4.74 Å². The van der Waals surface area contributed by atoms with Crippen molar-refractivity contribution in [2.75, 3.05) is 17.2 Å². The molecule has 0 aliphatic rings. The lowest BCUT2D eigenvalue weighted by molar-refractivity contribution is -0.115. The molecule has 9 heteroatoms. The van der Waals surface area contributed by atoms with Gasteiger partial charge in [0.05, 0.1) is 23.0 Å². The van der Waals surface area contributed by atoms with Crippen LogP contribution in [0.2, 0.25) is 0 Å². The number of carboxylic acid groups (broad SMARTS) is 1. The van der Waals surface area contributed by atoms with Gasteiger partial charge < -0.3 is 20.5 Å². The Kier molecular flexibility index (Phi) is 9.76. The van der Waals surface area contributed by atoms with Gasteiger partial charge in [-0.05, 0) is 73.3 Å². The minimum atomic E-state index is -1.11. The fourth-order valence-corrected chi connectivity index (χ4v) is 5.06. The van der Waals surface area contributed by atoms with E-state index in [1.54, 1.807) is 79.7 Å². The van der Waals surface area contributed by atoms with E-state index >= 15 is 0 Å². The molecular formula is C32H30N2O6S. The maximum absolute atomic E-state index is 13.2. The number of thioether (sulfide) groups is 1. The molecule has 4 rings (SSSR count). The van der Waals surface area contributed by atoms with Gasteiger partial charge in [0.2, 0.25) is 5.91 Å². The largest absolute Gasteiger partial charge is 0.478 e. The molecule has 1 atom stereocenters. The number of nitrogens with one attached hydrogen (secondary N) is 2. The third kappa shape index (κ3) is 7.52. The topological polar surface area (TPSA) is 122 Å². The first-order valence-corrected chi connectivity index (χ1v) is 14.1. The Hall–Kier alpha value is -4.63. The highest BCUT2D eigenvalue weighted by molar-refractivity contribution is 8.00. The van der Waals surface area contributed by atoms with Crippen LogP contribution in [0.15, 0.2) is 89.8 Å². The minimum Gasteiger partial charge on any atom is -0.478 e. The van der Waals surface area contributed by atoms with Crippen LogP contribution in [0.5, 0.6) is 0 Å². The van der Waals surface area contributed by atoms with Gasteiger partial charge in [0, 0.05) is 27.2 Å². The molecule has 0 saturated carbocycles. The number of amides is 2. The average molecular weight is 571 g/mol. The van der Waals surface area contributed by atoms with Crippen molar-refractivity contribution < 1.29 is 29.0 Å². The van der Waals surface area contributed by atoms with E-state index in [1.165, 1.54) is 17.8 Å². The number of hydrogen-bond acceptors (Lipinski definition) is 6. The van der Waals surface area contributed by atoms with Gasteiger partial charge in [-0.2, -0.15) is 0 Å². The summed E-state index contributed by atoms with van der Waals surface area (Å²) >= 11 is 1.32. The van der Waals surface area contributed by atoms with Crippen molar-refractivity contribution in [1.82, 2.24) is 0 Å². The summed E-state index contributed by atoms with van der Waals surface area (Å²) < 4.78 is 5.21. The summed E-state index contributed by atoms with van der Waals surface area (Å²) in [7, 11) is 0. The highest BCUT2D eigenvalue weighted by Gasteiger charge is 2.18. The molecule has 3 N–H and O–H groups in total. The van der Waals surface area contributed by atoms with Crippen LogP contribution in [0.1, 0.15) is 57.8 Å². The average Bonchev–Trinajstić information content (AvgIpc) is 2.97. The Morgan fingerprint density at radius 1 is 0.854 bits per heavy atom. The van der Waals surface area contributed by atoms with Gasteiger partial charge in [-0.15, -0.1) is 11.8 Å². The van der Waals surface area contributed by atoms with Crippen molar-refractivity contribution in [2.24, 2.45) is 0 Å². The second kappa shape index (κ2) is 13.6. The number of benzene rings is 4. The summed E-state index contributed by atoms with van der Waals surface area (Å²) in [5.74, 6) is -2.16. The molecule has 0 fully saturated rings. The van der Waals surface area contributed by atoms with Crippen molar-refractivity contribution in [1.29, 1.82) is 0 Å². The highest BCUT2D eigenvalue weighted by Crippen LogP contribution is 2.28. The van der Waals surface area contributed by atoms with Crippen LogP contribution in [0, 0.1) is 0 Å². The zero-order valence-corrected chi connectivity index (χ0v) is 23.5. The lowest BCUT2D eigenvalue weighted by Crippen LogP contribution is -2.22. The van der Waals surface area contributed by atoms with Gasteiger partial charge in [-0.1, -0.05) is 43.7 Å². The van der Waals surface area contributed by atoms with Crippen LogP contribution >= 0.6 is 11.8 Å². The first-order chi connectivity index (χ1) is 19.8. The summed E-state index contributed by atoms with van der Waals surface area (Å²) in [5, 5.41) is 15.9. The molecule has 0 bridgehead atoms. The number of ether oxygens (including phenoxy) is 1. The van der Waals surface area contributed by atoms with E-state index in [2.05, 4.69) is 10.6 Å². The molecule has 4 aromatic rings. The molecule has 210 valence electrons. The Labute approximate surface area is 242 Å². The molecule has 0 aromatic heterocycles. The molecule has 1 unspecified atom stereocenters. The van der Waals surface area contributed by atoms with E-state index in [0.717, 1.165) is 17.7 Å². The SMILES string of the molecule is CCCCOC(=O)c1ccc(NC(=O)C(C)Sc2cccc(NC(=O)c3cccc4cccc(C(=O)O)c34)c2)cc1. The van der Waals surface area contributed by atoms with Crippen LogP contribution < -0.4 is 10.6 Å². The lowest BCUT2D eigenvalue weighted by atomic mass is 9.98. The number of unbranched alkanes of at least 4 members (excludes halogenated alkanes) is 1. The Balaban J connectivity index is 1.39. The normalized spacial score (nSPS) is 11.5. The van der Waals surface area contributed by atoms with Crippen LogP contribution in [-0.4, -0.2) is 40.7 Å². The van der Waals surface area contributed by atoms with E-state index in [9.17, 15) is 24.3 Å². The Morgan fingerprint density at radius 3 is 2.22 bits per heavy atom. The quantitative estimate of drug-likeness (QED) is 0.102. The smallest absolute Gasteiger partial charge is 0.338 e. The predicted molar refractivity (Wildman–Crippen MR) is 161 cm³/mol. The third-order valence-electron chi connectivity index (χ3n) is 6.27. The van der Waals surface area contributed by atoms with E-state index in [-0.39, 0.29) is 17.0 Å². The van der Waals surface area contributed by atoms with Crippen molar-refractivity contribution in [3.63, 3.8) is 0 Å². The second-order valence-corrected chi connectivity index (χ2v) is 10.7. The number of fused-ring (bicyclic) bond motifs is 1. The van der Waals surface area contributed by atoms with E-state index in [1.807, 2.05) is 13.0 Å². The van der Waals surface area contributed by atoms with Gasteiger partial charge in [-0.3, -0.25) is 9.59 Å². The third-order valence-corrected chi connectivity index (χ3v) is 7.37. The fraction of sp³-hybridized carbons (Fsp3) is 0.188. The first kappa shape index (κ1) is 29.4. The van der Waals surface area contributed by atoms with Crippen molar-refractivity contribution >= 4 is 57.7 Å². The van der Waals surface area contributed by atoms with Crippen LogP contribution in [0.4, 0.5) is 11.4 Å². The number of aromatic carboxylic acids is 1. The van der Waals surface area contributed by atoms with Crippen LogP contribution in [0.3, 0.4) is 0 Å². The molecule has 0 spiro atoms. The number of anilines is 2. The summed E-state index contributed by atoms with van der Waals surface area (Å²) in [6, 6.07) is 23.6. The van der Waals surface area contributed by atoms with Crippen molar-refractivity contribution in [3.8, 4) is 0 Å². The number of carbonyl (C=O) groups excluding carboxylic acids is 3. The molecular weight excluding hydrogens is 540 g/mol. The maximum Gasteiger partial charge on any atom is 0.338 e. The van der Waals surface area contributed by atoms with Crippen molar-refractivity contribution in [2.45, 2.75) is 36.8 Å². The monoisotopic (exact) mass is 570 g/mol. The number of esters is 1. The molecule has 8 nitrogen and oxygen atoms in total. The number of hydrogen-bond donors (Lipinski definition) is 3. The summed E-state index contributed by atoms with van der Waals surface area (Å²) in [4.78, 5) is 50.6. The zero-order valence-electron chi connectivity index (χ0n) is 22.7. The first-order valence-electron chi connectivity index (χ1n) is 13.2. The van der Waals surface area contributed by atoms with Gasteiger partial charge in [0.1, 0.15) is 0 Å². The molecule has 0 radical (unpaired) electrons. The van der Waals surface area contributed by atoms with Crippen LogP contribution in [0.25, 0.3) is 10.8 Å². The van der Waals surface area contributed by atoms with Gasteiger partial charge in [-0.25, -0.2) is 9.59 Å². The predicted octanol–water partition coefficient (Wildman–Crippen LogP) is 6.87. The number of carbonyl (C=O) groups is 4. The summed E-state index contributed by atoms with van der Waals surface area (Å²) in [6.45, 7) is 4.17. The van der Waals surface area contributed by atoms with Crippen molar-refractivity contribution in [3.05, 3.63) is 102 Å². The zero-order chi connectivity index (χ0) is 29.4. The second-order valence-electron chi connectivity index (χ2n) is 9.31. The highest BCUT2D eigenvalue weighted by atomic mass is 32.2. The van der Waals surface area contributed by atoms with E-state index < -0.39 is 23.1 Å². The standard InChI is InChI=1S/C32H30N2O6S/c1-3-4-18-40-32(39)22-14-16-23(17-15-22)33-29(35)20(2)41-25-11-7-10-24(19-25)34-30(36)26-12-5-8-21-9-6-13-27(28(21)26)31(37)38/h5-17,19-20H,3-4,18H2,1-2H3,(H,33,35)(H,34,36)(H,37,38). The molecule has 0 aliphatic heterocycles. The van der Waals surface area contributed by atoms with E-state index in [0.29, 0.717) is 34.3 Å². The minimum absolute atomic E-state index is 0.0546. The number of carboxylic acids is 1. The molecule has 2 amide bonds. The van der Waals surface area contributed by atoms with Gasteiger partial charge >= 0.3 is 11.9 Å². The van der Waals surface area contributed by atoms with Gasteiger partial charge in [0.15, 0.2) is 0 Å². The molecule has 4 aromatic carbocycles. The molecule has 41 heavy (non-hydrogen) atoms. The fourth-order valence-electron chi connectivity index (χ4n) is 4.14. The van der Waals surface area contributed by atoms with Gasteiger partial charge in [0.25, 0.3) is 5.91 Å². The maximum atomic E-state index is 13.2. The van der Waals surface area contributed by atoms with Crippen LogP contribution in [-0.2, 0) is 9.53 Å². The lowest BCUT2D eigenvalue weighted by Gasteiger charge is -2.14. The summed E-state index contributed by atoms with van der Waals surface area (Å²) in [5.41, 5.74) is 1.80. The molecule has 0 aliphatic carbocycles. The summed E-state index contributed by atoms with van der Waals surface area (Å²) in [6.07, 6.45) is 1.75. The number of rotatable bonds is 11. The Morgan fingerprint density at radius 2 is 1.54 bits per heavy atom. The molecule has 0 saturated heterocycles. The Bertz CT molecular complexity index is 1580. The molecule has 0 heterocycles.